The lowest BCUT2D eigenvalue weighted by atomic mass is 10.2. The summed E-state index contributed by atoms with van der Waals surface area (Å²) in [4.78, 5) is 4.16. The van der Waals surface area contributed by atoms with Crippen LogP contribution in [-0.2, 0) is 0 Å². The van der Waals surface area contributed by atoms with Crippen molar-refractivity contribution in [3.05, 3.63) is 29.6 Å². The molecule has 1 rings (SSSR count). The normalized spacial score (nSPS) is 13.1. The zero-order valence-electron chi connectivity index (χ0n) is 6.20. The van der Waals surface area contributed by atoms with Crippen LogP contribution in [0.3, 0.4) is 0 Å². The number of pyridine rings is 1. The van der Waals surface area contributed by atoms with Gasteiger partial charge in [0.1, 0.15) is 0 Å². The van der Waals surface area contributed by atoms with E-state index >= 15 is 0 Å². The van der Waals surface area contributed by atoms with Gasteiger partial charge in [-0.05, 0) is 31.5 Å². The van der Waals surface area contributed by atoms with E-state index in [-0.39, 0.29) is 5.25 Å². The van der Waals surface area contributed by atoms with Gasteiger partial charge < -0.3 is 0 Å². The van der Waals surface area contributed by atoms with Crippen molar-refractivity contribution in [3.63, 3.8) is 0 Å². The molecule has 0 saturated heterocycles. The molecule has 0 aliphatic carbocycles. The first-order valence-corrected chi connectivity index (χ1v) is 3.82. The lowest BCUT2D eigenvalue weighted by Crippen LogP contribution is -1.89. The van der Waals surface area contributed by atoms with E-state index in [1.807, 2.05) is 19.2 Å². The summed E-state index contributed by atoms with van der Waals surface area (Å²) < 4.78 is 0. The van der Waals surface area contributed by atoms with Gasteiger partial charge in [0, 0.05) is 11.4 Å². The summed E-state index contributed by atoms with van der Waals surface area (Å²) in [6, 6.07) is 4.04. The minimum atomic E-state index is 0.236. The van der Waals surface area contributed by atoms with Crippen LogP contribution >= 0.6 is 12.6 Å². The molecular formula is C8H11NS. The molecule has 1 heterocycles. The van der Waals surface area contributed by atoms with Crippen LogP contribution in [0.15, 0.2) is 18.3 Å². The quantitative estimate of drug-likeness (QED) is 0.611. The van der Waals surface area contributed by atoms with Crippen molar-refractivity contribution in [1.29, 1.82) is 0 Å². The molecular weight excluding hydrogens is 142 g/mol. The zero-order valence-corrected chi connectivity index (χ0v) is 7.10. The van der Waals surface area contributed by atoms with E-state index in [0.29, 0.717) is 0 Å². The molecule has 2 heteroatoms. The number of aryl methyl sites for hydroxylation is 1. The van der Waals surface area contributed by atoms with Crippen molar-refractivity contribution >= 4 is 12.6 Å². The third-order valence-corrected chi connectivity index (χ3v) is 1.63. The van der Waals surface area contributed by atoms with Gasteiger partial charge in [-0.1, -0.05) is 0 Å². The van der Waals surface area contributed by atoms with Crippen LogP contribution in [0.2, 0.25) is 0 Å². The highest BCUT2D eigenvalue weighted by Crippen LogP contribution is 2.16. The number of hydrogen-bond donors (Lipinski definition) is 1. The van der Waals surface area contributed by atoms with Gasteiger partial charge in [0.05, 0.1) is 5.69 Å². The third kappa shape index (κ3) is 1.74. The Hall–Kier alpha value is -0.500. The van der Waals surface area contributed by atoms with E-state index in [9.17, 15) is 0 Å². The summed E-state index contributed by atoms with van der Waals surface area (Å²) >= 11 is 4.27. The highest BCUT2D eigenvalue weighted by atomic mass is 32.1. The Labute approximate surface area is 66.9 Å². The molecule has 1 aromatic heterocycles. The Balaban J connectivity index is 2.96. The first kappa shape index (κ1) is 7.61. The van der Waals surface area contributed by atoms with Crippen molar-refractivity contribution < 1.29 is 0 Å². The molecule has 1 atom stereocenters. The van der Waals surface area contributed by atoms with Gasteiger partial charge in [0.25, 0.3) is 0 Å². The number of thiol groups is 1. The van der Waals surface area contributed by atoms with Crippen molar-refractivity contribution in [3.8, 4) is 0 Å². The summed E-state index contributed by atoms with van der Waals surface area (Å²) in [5, 5.41) is 0.236. The maximum absolute atomic E-state index is 4.27. The van der Waals surface area contributed by atoms with Crippen LogP contribution in [0.25, 0.3) is 0 Å². The first-order chi connectivity index (χ1) is 4.70. The average Bonchev–Trinajstić information content (AvgIpc) is 1.88. The van der Waals surface area contributed by atoms with Gasteiger partial charge in [-0.3, -0.25) is 4.98 Å². The summed E-state index contributed by atoms with van der Waals surface area (Å²) in [6.07, 6.45) is 1.82. The van der Waals surface area contributed by atoms with Gasteiger partial charge in [0.2, 0.25) is 0 Å². The molecule has 1 nitrogen and oxygen atoms in total. The summed E-state index contributed by atoms with van der Waals surface area (Å²) in [5.41, 5.74) is 2.29. The molecule has 54 valence electrons. The van der Waals surface area contributed by atoms with E-state index in [2.05, 4.69) is 30.6 Å². The molecule has 1 unspecified atom stereocenters. The van der Waals surface area contributed by atoms with Crippen LogP contribution in [0, 0.1) is 6.92 Å². The van der Waals surface area contributed by atoms with Gasteiger partial charge in [0.15, 0.2) is 0 Å². The van der Waals surface area contributed by atoms with E-state index in [1.165, 1.54) is 5.56 Å². The Morgan fingerprint density at radius 2 is 2.30 bits per heavy atom. The number of hydrogen-bond acceptors (Lipinski definition) is 2. The third-order valence-electron chi connectivity index (χ3n) is 1.36. The second kappa shape index (κ2) is 3.06. The molecule has 0 aliphatic heterocycles. The Morgan fingerprint density at radius 3 is 2.70 bits per heavy atom. The molecule has 0 radical (unpaired) electrons. The van der Waals surface area contributed by atoms with Gasteiger partial charge in [-0.15, -0.1) is 0 Å². The average molecular weight is 153 g/mol. The fraction of sp³-hybridized carbons (Fsp3) is 0.375. The van der Waals surface area contributed by atoms with E-state index in [0.717, 1.165) is 5.69 Å². The Morgan fingerprint density at radius 1 is 1.60 bits per heavy atom. The van der Waals surface area contributed by atoms with Crippen LogP contribution in [0.4, 0.5) is 0 Å². The monoisotopic (exact) mass is 153 g/mol. The first-order valence-electron chi connectivity index (χ1n) is 3.31. The molecule has 0 amide bonds. The van der Waals surface area contributed by atoms with Crippen molar-refractivity contribution in [2.75, 3.05) is 0 Å². The molecule has 0 aliphatic rings. The number of rotatable bonds is 1. The van der Waals surface area contributed by atoms with Crippen LogP contribution in [-0.4, -0.2) is 4.98 Å². The van der Waals surface area contributed by atoms with Gasteiger partial charge in [-0.2, -0.15) is 12.6 Å². The van der Waals surface area contributed by atoms with E-state index in [1.54, 1.807) is 0 Å². The van der Waals surface area contributed by atoms with Gasteiger partial charge >= 0.3 is 0 Å². The fourth-order valence-corrected chi connectivity index (χ4v) is 0.929. The van der Waals surface area contributed by atoms with Crippen LogP contribution < -0.4 is 0 Å². The van der Waals surface area contributed by atoms with Crippen molar-refractivity contribution in [2.45, 2.75) is 19.1 Å². The molecule has 1 aromatic rings. The van der Waals surface area contributed by atoms with E-state index < -0.39 is 0 Å². The lowest BCUT2D eigenvalue weighted by molar-refractivity contribution is 1.01. The maximum atomic E-state index is 4.27. The SMILES string of the molecule is Cc1ccnc(C(C)S)c1. The predicted molar refractivity (Wildman–Crippen MR) is 46.4 cm³/mol. The molecule has 0 fully saturated rings. The predicted octanol–water partition coefficient (Wildman–Crippen LogP) is 2.38. The smallest absolute Gasteiger partial charge is 0.0530 e. The van der Waals surface area contributed by atoms with Crippen molar-refractivity contribution in [1.82, 2.24) is 4.98 Å². The summed E-state index contributed by atoms with van der Waals surface area (Å²) in [6.45, 7) is 4.08. The zero-order chi connectivity index (χ0) is 7.56. The fourth-order valence-electron chi connectivity index (χ4n) is 0.788. The summed E-state index contributed by atoms with van der Waals surface area (Å²) in [5.74, 6) is 0. The Kier molecular flexibility index (Phi) is 2.33. The second-order valence-corrected chi connectivity index (χ2v) is 3.21. The van der Waals surface area contributed by atoms with Crippen LogP contribution in [0.1, 0.15) is 23.4 Å². The molecule has 0 aromatic carbocycles. The topological polar surface area (TPSA) is 12.9 Å². The highest BCUT2D eigenvalue weighted by molar-refractivity contribution is 7.80. The van der Waals surface area contributed by atoms with Crippen molar-refractivity contribution in [2.24, 2.45) is 0 Å². The molecule has 10 heavy (non-hydrogen) atoms. The minimum absolute atomic E-state index is 0.236. The molecule has 0 spiro atoms. The largest absolute Gasteiger partial charge is 0.260 e. The molecule has 0 bridgehead atoms. The van der Waals surface area contributed by atoms with Crippen LogP contribution in [0.5, 0.6) is 0 Å². The number of nitrogens with zero attached hydrogens (tertiary/aromatic N) is 1. The molecule has 0 N–H and O–H groups in total. The minimum Gasteiger partial charge on any atom is -0.260 e. The maximum Gasteiger partial charge on any atom is 0.0530 e. The van der Waals surface area contributed by atoms with E-state index in [4.69, 9.17) is 0 Å². The molecule has 0 saturated carbocycles. The Bertz CT molecular complexity index is 220. The lowest BCUT2D eigenvalue weighted by Gasteiger charge is -2.02. The number of aromatic nitrogens is 1. The second-order valence-electron chi connectivity index (χ2n) is 2.43. The van der Waals surface area contributed by atoms with Gasteiger partial charge in [-0.25, -0.2) is 0 Å². The summed E-state index contributed by atoms with van der Waals surface area (Å²) in [7, 11) is 0. The standard InChI is InChI=1S/C8H11NS/c1-6-3-4-9-8(5-6)7(2)10/h3-5,7,10H,1-2H3. The highest BCUT2D eigenvalue weighted by Gasteiger charge is 1.98.